The summed E-state index contributed by atoms with van der Waals surface area (Å²) < 4.78 is 4.90. The molecule has 0 fully saturated rings. The number of hydrogen-bond donors (Lipinski definition) is 0. The fourth-order valence-electron chi connectivity index (χ4n) is 8.75. The van der Waals surface area contributed by atoms with Gasteiger partial charge in [-0.05, 0) is 65.4 Å². The molecule has 52 heavy (non-hydrogen) atoms. The van der Waals surface area contributed by atoms with Crippen LogP contribution in [0, 0.1) is 0 Å². The molecule has 0 unspecified atom stereocenters. The van der Waals surface area contributed by atoms with Crippen molar-refractivity contribution < 1.29 is 0 Å². The summed E-state index contributed by atoms with van der Waals surface area (Å²) in [6.45, 7) is 0. The van der Waals surface area contributed by atoms with Crippen molar-refractivity contribution in [3.8, 4) is 28.2 Å². The molecule has 4 heteroatoms. The average molecular weight is 661 g/mol. The molecule has 0 aliphatic carbocycles. The van der Waals surface area contributed by atoms with E-state index in [0.717, 1.165) is 39.2 Å². The maximum absolute atomic E-state index is 5.23. The van der Waals surface area contributed by atoms with Crippen LogP contribution >= 0.6 is 0 Å². The average Bonchev–Trinajstić information content (AvgIpc) is 3.85. The lowest BCUT2D eigenvalue weighted by atomic mass is 10.0. The van der Waals surface area contributed by atoms with Gasteiger partial charge in [-0.3, -0.25) is 0 Å². The molecule has 12 aromatic rings. The smallest absolute Gasteiger partial charge is 0.0973 e. The second kappa shape index (κ2) is 10.3. The van der Waals surface area contributed by atoms with Crippen LogP contribution in [0.15, 0.2) is 170 Å². The highest BCUT2D eigenvalue weighted by Gasteiger charge is 2.24. The largest absolute Gasteiger partial charge is 0.309 e. The van der Waals surface area contributed by atoms with Gasteiger partial charge in [-0.2, -0.15) is 0 Å². The van der Waals surface area contributed by atoms with E-state index in [0.29, 0.717) is 0 Å². The highest BCUT2D eigenvalue weighted by molar-refractivity contribution is 6.35. The van der Waals surface area contributed by atoms with Crippen LogP contribution < -0.4 is 0 Å². The van der Waals surface area contributed by atoms with Gasteiger partial charge in [0.1, 0.15) is 0 Å². The lowest BCUT2D eigenvalue weighted by Gasteiger charge is -2.13. The van der Waals surface area contributed by atoms with Gasteiger partial charge in [0.05, 0.1) is 50.0 Å². The molecule has 0 N–H and O–H groups in total. The molecule has 4 nitrogen and oxygen atoms in total. The van der Waals surface area contributed by atoms with Gasteiger partial charge >= 0.3 is 0 Å². The third-order valence-electron chi connectivity index (χ3n) is 11.0. The summed E-state index contributed by atoms with van der Waals surface area (Å²) in [6.07, 6.45) is 0. The Morgan fingerprint density at radius 3 is 1.67 bits per heavy atom. The van der Waals surface area contributed by atoms with Crippen molar-refractivity contribution >= 4 is 81.7 Å². The van der Waals surface area contributed by atoms with E-state index in [1.165, 1.54) is 70.7 Å². The molecule has 0 saturated carbocycles. The summed E-state index contributed by atoms with van der Waals surface area (Å²) >= 11 is 0. The zero-order valence-corrected chi connectivity index (χ0v) is 28.0. The van der Waals surface area contributed by atoms with Gasteiger partial charge in [0.2, 0.25) is 0 Å². The van der Waals surface area contributed by atoms with Gasteiger partial charge < -0.3 is 8.97 Å². The molecule has 0 spiro atoms. The molecule has 0 radical (unpaired) electrons. The van der Waals surface area contributed by atoms with Crippen LogP contribution in [0.25, 0.3) is 110 Å². The number of fused-ring (bicyclic) bond motifs is 12. The minimum Gasteiger partial charge on any atom is -0.309 e. The minimum atomic E-state index is 0.877. The van der Waals surface area contributed by atoms with Crippen LogP contribution in [0.5, 0.6) is 0 Å². The summed E-state index contributed by atoms with van der Waals surface area (Å²) in [5.74, 6) is 0. The number of aromatic nitrogens is 4. The van der Waals surface area contributed by atoms with Crippen LogP contribution in [-0.4, -0.2) is 18.9 Å². The van der Waals surface area contributed by atoms with Crippen molar-refractivity contribution in [2.24, 2.45) is 0 Å². The van der Waals surface area contributed by atoms with Crippen molar-refractivity contribution in [1.82, 2.24) is 18.9 Å². The van der Waals surface area contributed by atoms with E-state index in [1.807, 2.05) is 24.3 Å². The predicted molar refractivity (Wildman–Crippen MR) is 217 cm³/mol. The van der Waals surface area contributed by atoms with Crippen molar-refractivity contribution in [1.29, 1.82) is 0 Å². The van der Waals surface area contributed by atoms with Crippen LogP contribution in [0.1, 0.15) is 0 Å². The van der Waals surface area contributed by atoms with Gasteiger partial charge in [-0.1, -0.05) is 115 Å². The first-order chi connectivity index (χ1) is 25.8. The molecule has 0 aliphatic rings. The van der Waals surface area contributed by atoms with E-state index < -0.39 is 0 Å². The summed E-state index contributed by atoms with van der Waals surface area (Å²) in [6, 6.07) is 61.0. The molecule has 0 saturated heterocycles. The summed E-state index contributed by atoms with van der Waals surface area (Å²) in [5.41, 5.74) is 12.9. The Morgan fingerprint density at radius 1 is 0.365 bits per heavy atom. The SMILES string of the molecule is c1ccc2cc(-c3nc4ccccc4nc3-c3ccc(-n4c5ccccc5c5c6c7ccccc7n7c8ccccc8c(cc54)c67)cc3)ccc2c1. The molecule has 0 atom stereocenters. The fraction of sp³-hybridized carbons (Fsp3) is 0. The number of nitrogens with zero attached hydrogens (tertiary/aromatic N) is 4. The normalized spacial score (nSPS) is 12.2. The second-order valence-corrected chi connectivity index (χ2v) is 13.8. The maximum Gasteiger partial charge on any atom is 0.0973 e. The van der Waals surface area contributed by atoms with E-state index >= 15 is 0 Å². The highest BCUT2D eigenvalue weighted by Crippen LogP contribution is 2.46. The Bertz CT molecular complexity index is 3400. The molecule has 12 rings (SSSR count). The minimum absolute atomic E-state index is 0.877. The molecule has 240 valence electrons. The lowest BCUT2D eigenvalue weighted by molar-refractivity contribution is 1.18. The number of rotatable bonds is 3. The van der Waals surface area contributed by atoms with E-state index in [1.54, 1.807) is 0 Å². The topological polar surface area (TPSA) is 35.1 Å². The van der Waals surface area contributed by atoms with Crippen LogP contribution in [0.4, 0.5) is 0 Å². The monoisotopic (exact) mass is 660 g/mol. The standard InChI is InChI=1S/C48H28N4/c1-2-12-31-27-32(22-21-29(31)11-1)47-46(49-38-16-6-7-17-39(38)50-47)30-23-25-33(26-24-30)51-41-19-9-4-14-35(41)44-43(51)28-37-34-13-3-8-18-40(34)52-42-20-10-5-15-36(42)45(44)48(37)52/h1-28H. The molecule has 4 aromatic heterocycles. The summed E-state index contributed by atoms with van der Waals surface area (Å²) in [4.78, 5) is 10.4. The van der Waals surface area contributed by atoms with E-state index in [4.69, 9.17) is 9.97 Å². The number of benzene rings is 8. The maximum atomic E-state index is 5.23. The first-order valence-electron chi connectivity index (χ1n) is 17.8. The fourth-order valence-corrected chi connectivity index (χ4v) is 8.75. The Balaban J connectivity index is 1.11. The molecule has 0 aliphatic heterocycles. The Labute approximate surface area is 297 Å². The van der Waals surface area contributed by atoms with Crippen LogP contribution in [0.3, 0.4) is 0 Å². The van der Waals surface area contributed by atoms with Gasteiger partial charge in [0, 0.05) is 49.1 Å². The van der Waals surface area contributed by atoms with Crippen molar-refractivity contribution in [3.05, 3.63) is 170 Å². The molecule has 8 aromatic carbocycles. The van der Waals surface area contributed by atoms with E-state index in [9.17, 15) is 0 Å². The van der Waals surface area contributed by atoms with Crippen molar-refractivity contribution in [3.63, 3.8) is 0 Å². The first-order valence-corrected chi connectivity index (χ1v) is 17.8. The van der Waals surface area contributed by atoms with Gasteiger partial charge in [-0.15, -0.1) is 0 Å². The Morgan fingerprint density at radius 2 is 0.923 bits per heavy atom. The molecule has 4 heterocycles. The molecule has 0 bridgehead atoms. The zero-order chi connectivity index (χ0) is 33.9. The van der Waals surface area contributed by atoms with Gasteiger partial charge in [-0.25, -0.2) is 9.97 Å². The molecular formula is C48H28N4. The zero-order valence-electron chi connectivity index (χ0n) is 28.0. The Kier molecular flexibility index (Phi) is 5.47. The summed E-state index contributed by atoms with van der Waals surface area (Å²) in [5, 5.41) is 10.1. The third kappa shape index (κ3) is 3.70. The highest BCUT2D eigenvalue weighted by atomic mass is 15.0. The van der Waals surface area contributed by atoms with Crippen LogP contribution in [-0.2, 0) is 0 Å². The van der Waals surface area contributed by atoms with Crippen LogP contribution in [0.2, 0.25) is 0 Å². The summed E-state index contributed by atoms with van der Waals surface area (Å²) in [7, 11) is 0. The van der Waals surface area contributed by atoms with Crippen molar-refractivity contribution in [2.45, 2.75) is 0 Å². The second-order valence-electron chi connectivity index (χ2n) is 13.8. The molecule has 0 amide bonds. The third-order valence-corrected chi connectivity index (χ3v) is 11.0. The number of hydrogen-bond acceptors (Lipinski definition) is 2. The molecular weight excluding hydrogens is 633 g/mol. The lowest BCUT2D eigenvalue weighted by Crippen LogP contribution is -1.97. The number of para-hydroxylation sites is 5. The first kappa shape index (κ1) is 27.7. The van der Waals surface area contributed by atoms with Gasteiger partial charge in [0.15, 0.2) is 0 Å². The van der Waals surface area contributed by atoms with E-state index in [-0.39, 0.29) is 0 Å². The quantitative estimate of drug-likeness (QED) is 0.189. The van der Waals surface area contributed by atoms with E-state index in [2.05, 4.69) is 155 Å². The Hall–Kier alpha value is -7.04. The van der Waals surface area contributed by atoms with Crippen molar-refractivity contribution in [2.75, 3.05) is 0 Å². The van der Waals surface area contributed by atoms with Gasteiger partial charge in [0.25, 0.3) is 0 Å². The predicted octanol–water partition coefficient (Wildman–Crippen LogP) is 12.4.